The molecule has 1 aromatic heterocycles. The van der Waals surface area contributed by atoms with Crippen LogP contribution in [0, 0.1) is 0 Å². The van der Waals surface area contributed by atoms with Crippen molar-refractivity contribution in [1.29, 1.82) is 0 Å². The van der Waals surface area contributed by atoms with Crippen LogP contribution in [0.2, 0.25) is 0 Å². The van der Waals surface area contributed by atoms with E-state index in [9.17, 15) is 26.7 Å². The molecule has 0 aliphatic heterocycles. The minimum Gasteiger partial charge on any atom is -0.466 e. The molecular formula is C11H11F5N2O2. The van der Waals surface area contributed by atoms with Gasteiger partial charge in [-0.3, -0.25) is 4.79 Å². The van der Waals surface area contributed by atoms with Crippen LogP contribution in [0.15, 0.2) is 6.07 Å². The third-order valence-corrected chi connectivity index (χ3v) is 2.33. The SMILES string of the molecule is CCOC(=O)Cc1c(C(F)(F)F)cc(C(F)F)nc1N. The number of aromatic nitrogens is 1. The van der Waals surface area contributed by atoms with E-state index in [2.05, 4.69) is 9.72 Å². The molecule has 9 heteroatoms. The van der Waals surface area contributed by atoms with Gasteiger partial charge in [0.25, 0.3) is 6.43 Å². The van der Waals surface area contributed by atoms with E-state index in [4.69, 9.17) is 5.73 Å². The number of esters is 1. The van der Waals surface area contributed by atoms with Gasteiger partial charge < -0.3 is 10.5 Å². The Morgan fingerprint density at radius 3 is 2.50 bits per heavy atom. The summed E-state index contributed by atoms with van der Waals surface area (Å²) in [5.74, 6) is -1.71. The minimum atomic E-state index is -4.93. The molecule has 0 saturated heterocycles. The molecule has 0 aromatic carbocycles. The minimum absolute atomic E-state index is 0.0252. The maximum Gasteiger partial charge on any atom is 0.416 e. The van der Waals surface area contributed by atoms with Gasteiger partial charge in [-0.1, -0.05) is 0 Å². The Hall–Kier alpha value is -1.93. The molecular weight excluding hydrogens is 287 g/mol. The lowest BCUT2D eigenvalue weighted by atomic mass is 10.0. The molecule has 0 unspecified atom stereocenters. The number of carbonyl (C=O) groups excluding carboxylic acids is 1. The monoisotopic (exact) mass is 298 g/mol. The van der Waals surface area contributed by atoms with E-state index in [0.717, 1.165) is 0 Å². The Kier molecular flexibility index (Phi) is 4.85. The summed E-state index contributed by atoms with van der Waals surface area (Å²) in [5.41, 5.74) is 2.08. The number of pyridine rings is 1. The maximum absolute atomic E-state index is 12.8. The van der Waals surface area contributed by atoms with Crippen molar-refractivity contribution in [1.82, 2.24) is 4.98 Å². The fraction of sp³-hybridized carbons (Fsp3) is 0.455. The van der Waals surface area contributed by atoms with Gasteiger partial charge in [0.15, 0.2) is 0 Å². The summed E-state index contributed by atoms with van der Waals surface area (Å²) in [6, 6.07) is 0.190. The van der Waals surface area contributed by atoms with Crippen molar-refractivity contribution >= 4 is 11.8 Å². The topological polar surface area (TPSA) is 65.2 Å². The highest BCUT2D eigenvalue weighted by Gasteiger charge is 2.36. The fourth-order valence-electron chi connectivity index (χ4n) is 1.52. The zero-order valence-corrected chi connectivity index (χ0v) is 10.3. The lowest BCUT2D eigenvalue weighted by Gasteiger charge is -2.15. The van der Waals surface area contributed by atoms with Crippen LogP contribution < -0.4 is 5.73 Å². The number of carbonyl (C=O) groups is 1. The first-order valence-corrected chi connectivity index (χ1v) is 5.47. The van der Waals surface area contributed by atoms with Crippen molar-refractivity contribution in [3.63, 3.8) is 0 Å². The highest BCUT2D eigenvalue weighted by molar-refractivity contribution is 5.75. The Morgan fingerprint density at radius 1 is 1.45 bits per heavy atom. The van der Waals surface area contributed by atoms with Crippen molar-refractivity contribution < 1.29 is 31.5 Å². The van der Waals surface area contributed by atoms with Crippen LogP contribution in [0.3, 0.4) is 0 Å². The third-order valence-electron chi connectivity index (χ3n) is 2.33. The molecule has 0 spiro atoms. The summed E-state index contributed by atoms with van der Waals surface area (Å²) in [5, 5.41) is 0. The number of rotatable bonds is 4. The quantitative estimate of drug-likeness (QED) is 0.685. The predicted molar refractivity (Wildman–Crippen MR) is 58.9 cm³/mol. The molecule has 0 bridgehead atoms. The molecule has 0 atom stereocenters. The van der Waals surface area contributed by atoms with Gasteiger partial charge >= 0.3 is 12.1 Å². The lowest BCUT2D eigenvalue weighted by molar-refractivity contribution is -0.143. The average Bonchev–Trinajstić information content (AvgIpc) is 2.29. The Balaban J connectivity index is 3.31. The maximum atomic E-state index is 12.8. The van der Waals surface area contributed by atoms with Crippen LogP contribution in [0.25, 0.3) is 0 Å². The van der Waals surface area contributed by atoms with Crippen LogP contribution in [-0.2, 0) is 22.1 Å². The largest absolute Gasteiger partial charge is 0.466 e. The number of hydrogen-bond acceptors (Lipinski definition) is 4. The van der Waals surface area contributed by atoms with E-state index in [-0.39, 0.29) is 12.7 Å². The summed E-state index contributed by atoms with van der Waals surface area (Å²) in [7, 11) is 0. The molecule has 4 nitrogen and oxygen atoms in total. The smallest absolute Gasteiger partial charge is 0.416 e. The standard InChI is InChI=1S/C11H11F5N2O2/c1-2-20-8(19)3-5-6(11(14,15)16)4-7(9(12)13)18-10(5)17/h4,9H,2-3H2,1H3,(H2,17,18). The second kappa shape index (κ2) is 6.02. The number of halogens is 5. The van der Waals surface area contributed by atoms with Gasteiger partial charge in [-0.05, 0) is 13.0 Å². The van der Waals surface area contributed by atoms with Crippen LogP contribution in [0.1, 0.15) is 30.2 Å². The van der Waals surface area contributed by atoms with Crippen LogP contribution >= 0.6 is 0 Å². The molecule has 1 aromatic rings. The van der Waals surface area contributed by atoms with Crippen LogP contribution in [0.4, 0.5) is 27.8 Å². The molecule has 112 valence electrons. The van der Waals surface area contributed by atoms with Gasteiger partial charge in [-0.25, -0.2) is 13.8 Å². The van der Waals surface area contributed by atoms with E-state index in [0.29, 0.717) is 0 Å². The molecule has 1 heterocycles. The molecule has 0 fully saturated rings. The number of alkyl halides is 5. The zero-order valence-electron chi connectivity index (χ0n) is 10.3. The second-order valence-corrected chi connectivity index (χ2v) is 3.74. The van der Waals surface area contributed by atoms with Gasteiger partial charge in [-0.2, -0.15) is 13.2 Å². The molecule has 0 radical (unpaired) electrons. The summed E-state index contributed by atoms with van der Waals surface area (Å²) >= 11 is 0. The van der Waals surface area contributed by atoms with Gasteiger partial charge in [0.2, 0.25) is 0 Å². The van der Waals surface area contributed by atoms with Gasteiger partial charge in [0.1, 0.15) is 11.5 Å². The van der Waals surface area contributed by atoms with Crippen molar-refractivity contribution in [2.75, 3.05) is 12.3 Å². The summed E-state index contributed by atoms with van der Waals surface area (Å²) < 4.78 is 67.9. The number of hydrogen-bond donors (Lipinski definition) is 1. The Labute approximate surface area is 110 Å². The first-order chi connectivity index (χ1) is 9.16. The molecule has 20 heavy (non-hydrogen) atoms. The molecule has 0 amide bonds. The summed E-state index contributed by atoms with van der Waals surface area (Å²) in [6.07, 6.45) is -8.91. The number of nitrogens with zero attached hydrogens (tertiary/aromatic N) is 1. The van der Waals surface area contributed by atoms with E-state index in [1.54, 1.807) is 0 Å². The normalized spacial score (nSPS) is 11.8. The van der Waals surface area contributed by atoms with Gasteiger partial charge in [0, 0.05) is 5.56 Å². The average molecular weight is 298 g/mol. The zero-order chi connectivity index (χ0) is 15.5. The van der Waals surface area contributed by atoms with Gasteiger partial charge in [0.05, 0.1) is 18.6 Å². The first-order valence-electron chi connectivity index (χ1n) is 5.47. The molecule has 2 N–H and O–H groups in total. The van der Waals surface area contributed by atoms with E-state index in [1.165, 1.54) is 6.92 Å². The third kappa shape index (κ3) is 3.78. The summed E-state index contributed by atoms with van der Waals surface area (Å²) in [4.78, 5) is 14.4. The van der Waals surface area contributed by atoms with Gasteiger partial charge in [-0.15, -0.1) is 0 Å². The molecule has 0 aliphatic carbocycles. The Bertz CT molecular complexity index is 502. The van der Waals surface area contributed by atoms with Crippen molar-refractivity contribution in [3.05, 3.63) is 22.9 Å². The van der Waals surface area contributed by atoms with E-state index < -0.39 is 47.6 Å². The van der Waals surface area contributed by atoms with Crippen molar-refractivity contribution in [2.24, 2.45) is 0 Å². The lowest BCUT2D eigenvalue weighted by Crippen LogP contribution is -2.18. The van der Waals surface area contributed by atoms with E-state index in [1.807, 2.05) is 0 Å². The van der Waals surface area contributed by atoms with Crippen LogP contribution in [0.5, 0.6) is 0 Å². The first kappa shape index (κ1) is 16.1. The van der Waals surface area contributed by atoms with Crippen molar-refractivity contribution in [2.45, 2.75) is 25.9 Å². The predicted octanol–water partition coefficient (Wildman–Crippen LogP) is 2.73. The number of nitrogens with two attached hydrogens (primary N) is 1. The van der Waals surface area contributed by atoms with E-state index >= 15 is 0 Å². The highest BCUT2D eigenvalue weighted by atomic mass is 19.4. The molecule has 0 aliphatic rings. The van der Waals surface area contributed by atoms with Crippen molar-refractivity contribution in [3.8, 4) is 0 Å². The number of ether oxygens (including phenoxy) is 1. The second-order valence-electron chi connectivity index (χ2n) is 3.74. The van der Waals surface area contributed by atoms with Crippen LogP contribution in [-0.4, -0.2) is 17.6 Å². The summed E-state index contributed by atoms with van der Waals surface area (Å²) in [6.45, 7) is 1.45. The molecule has 0 saturated carbocycles. The number of anilines is 1. The molecule has 1 rings (SSSR count). The Morgan fingerprint density at radius 2 is 2.05 bits per heavy atom. The number of nitrogen functional groups attached to an aromatic ring is 1. The fourth-order valence-corrected chi connectivity index (χ4v) is 1.52. The highest BCUT2D eigenvalue weighted by Crippen LogP contribution is 2.36.